The first-order valence-electron chi connectivity index (χ1n) is 8.33. The molecule has 0 aliphatic heterocycles. The van der Waals surface area contributed by atoms with Crippen molar-refractivity contribution < 1.29 is 0 Å². The standard InChI is InChI=1S/C18H31N3/c1-12(11-19-6)16-13(2)20-17(21-14(16)3)15-7-9-18(4,5)10-8-15/h12,15,19H,7-11H2,1-6H3. The van der Waals surface area contributed by atoms with Gasteiger partial charge in [0.2, 0.25) is 0 Å². The Hall–Kier alpha value is -0.960. The molecule has 118 valence electrons. The molecular weight excluding hydrogens is 258 g/mol. The summed E-state index contributed by atoms with van der Waals surface area (Å²) >= 11 is 0. The molecule has 1 N–H and O–H groups in total. The summed E-state index contributed by atoms with van der Waals surface area (Å²) in [5, 5.41) is 3.25. The maximum Gasteiger partial charge on any atom is 0.131 e. The molecule has 3 heteroatoms. The van der Waals surface area contributed by atoms with Crippen LogP contribution >= 0.6 is 0 Å². The predicted octanol–water partition coefficient (Wildman–Crippen LogP) is 4.10. The minimum Gasteiger partial charge on any atom is -0.319 e. The molecule has 1 unspecified atom stereocenters. The number of hydrogen-bond acceptors (Lipinski definition) is 3. The molecular formula is C18H31N3. The Kier molecular flexibility index (Phi) is 5.03. The Morgan fingerprint density at radius 1 is 1.14 bits per heavy atom. The second-order valence-corrected chi connectivity index (χ2v) is 7.56. The molecule has 0 saturated heterocycles. The second kappa shape index (κ2) is 6.43. The molecule has 0 spiro atoms. The van der Waals surface area contributed by atoms with Crippen molar-refractivity contribution >= 4 is 0 Å². The molecule has 1 aromatic heterocycles. The minimum atomic E-state index is 0.467. The van der Waals surface area contributed by atoms with Gasteiger partial charge in [0.25, 0.3) is 0 Å². The van der Waals surface area contributed by atoms with E-state index < -0.39 is 0 Å². The molecule has 0 aromatic carbocycles. The molecule has 1 aliphatic rings. The first kappa shape index (κ1) is 16.4. The van der Waals surface area contributed by atoms with Crippen LogP contribution in [0.4, 0.5) is 0 Å². The van der Waals surface area contributed by atoms with E-state index in [9.17, 15) is 0 Å². The molecule has 0 amide bonds. The predicted molar refractivity (Wildman–Crippen MR) is 88.8 cm³/mol. The number of aryl methyl sites for hydroxylation is 2. The maximum atomic E-state index is 4.87. The van der Waals surface area contributed by atoms with Crippen molar-refractivity contribution in [2.75, 3.05) is 13.6 Å². The third-order valence-corrected chi connectivity index (χ3v) is 5.05. The lowest BCUT2D eigenvalue weighted by molar-refractivity contribution is 0.220. The third kappa shape index (κ3) is 3.82. The minimum absolute atomic E-state index is 0.467. The van der Waals surface area contributed by atoms with Gasteiger partial charge in [-0.1, -0.05) is 20.8 Å². The summed E-state index contributed by atoms with van der Waals surface area (Å²) in [5.41, 5.74) is 4.17. The van der Waals surface area contributed by atoms with Crippen LogP contribution in [0.5, 0.6) is 0 Å². The molecule has 21 heavy (non-hydrogen) atoms. The van der Waals surface area contributed by atoms with Gasteiger partial charge in [0, 0.05) is 23.9 Å². The molecule has 3 nitrogen and oxygen atoms in total. The number of rotatable bonds is 4. The molecule has 1 fully saturated rings. The zero-order valence-corrected chi connectivity index (χ0v) is 14.6. The zero-order valence-electron chi connectivity index (χ0n) is 14.6. The van der Waals surface area contributed by atoms with Crippen LogP contribution in [0.15, 0.2) is 0 Å². The van der Waals surface area contributed by atoms with Gasteiger partial charge in [0.1, 0.15) is 5.82 Å². The van der Waals surface area contributed by atoms with E-state index in [1.54, 1.807) is 0 Å². The Morgan fingerprint density at radius 2 is 1.67 bits per heavy atom. The largest absolute Gasteiger partial charge is 0.319 e. The van der Waals surface area contributed by atoms with Gasteiger partial charge in [-0.25, -0.2) is 9.97 Å². The van der Waals surface area contributed by atoms with Crippen molar-refractivity contribution in [3.05, 3.63) is 22.8 Å². The van der Waals surface area contributed by atoms with Gasteiger partial charge in [0.15, 0.2) is 0 Å². The van der Waals surface area contributed by atoms with E-state index >= 15 is 0 Å². The van der Waals surface area contributed by atoms with Gasteiger partial charge in [0.05, 0.1) is 0 Å². The normalized spacial score (nSPS) is 20.5. The van der Waals surface area contributed by atoms with Crippen LogP contribution in [0, 0.1) is 19.3 Å². The molecule has 1 saturated carbocycles. The highest BCUT2D eigenvalue weighted by molar-refractivity contribution is 5.29. The van der Waals surface area contributed by atoms with Crippen LogP contribution in [0.3, 0.4) is 0 Å². The Labute approximate surface area is 130 Å². The van der Waals surface area contributed by atoms with E-state index in [4.69, 9.17) is 9.97 Å². The van der Waals surface area contributed by atoms with E-state index in [1.807, 2.05) is 7.05 Å². The van der Waals surface area contributed by atoms with Gasteiger partial charge in [-0.05, 0) is 63.5 Å². The number of nitrogens with one attached hydrogen (secondary N) is 1. The first-order valence-corrected chi connectivity index (χ1v) is 8.33. The van der Waals surface area contributed by atoms with Gasteiger partial charge in [-0.15, -0.1) is 0 Å². The van der Waals surface area contributed by atoms with Gasteiger partial charge in [-0.2, -0.15) is 0 Å². The lowest BCUT2D eigenvalue weighted by Gasteiger charge is -2.34. The molecule has 1 aromatic rings. The SMILES string of the molecule is CNCC(C)c1c(C)nc(C2CCC(C)(C)CC2)nc1C. The number of likely N-dealkylation sites (N-methyl/N-ethyl adjacent to an activating group) is 1. The van der Waals surface area contributed by atoms with Crippen molar-refractivity contribution in [3.63, 3.8) is 0 Å². The Bertz CT molecular complexity index is 460. The van der Waals surface area contributed by atoms with Crippen LogP contribution < -0.4 is 5.32 Å². The summed E-state index contributed by atoms with van der Waals surface area (Å²) in [5.74, 6) is 2.11. The quantitative estimate of drug-likeness (QED) is 0.907. The van der Waals surface area contributed by atoms with Crippen LogP contribution in [-0.2, 0) is 0 Å². The van der Waals surface area contributed by atoms with Crippen molar-refractivity contribution in [2.45, 2.75) is 72.1 Å². The summed E-state index contributed by atoms with van der Waals surface area (Å²) in [7, 11) is 2.00. The van der Waals surface area contributed by atoms with E-state index in [1.165, 1.54) is 42.6 Å². The summed E-state index contributed by atoms with van der Waals surface area (Å²) < 4.78 is 0. The molecule has 1 aliphatic carbocycles. The average Bonchev–Trinajstić information content (AvgIpc) is 2.38. The van der Waals surface area contributed by atoms with E-state index in [0.717, 1.165) is 12.4 Å². The lowest BCUT2D eigenvalue weighted by atomic mass is 9.73. The highest BCUT2D eigenvalue weighted by atomic mass is 14.9. The second-order valence-electron chi connectivity index (χ2n) is 7.56. The molecule has 2 rings (SSSR count). The number of aromatic nitrogens is 2. The third-order valence-electron chi connectivity index (χ3n) is 5.05. The first-order chi connectivity index (χ1) is 9.84. The van der Waals surface area contributed by atoms with Crippen LogP contribution in [0.2, 0.25) is 0 Å². The van der Waals surface area contributed by atoms with Gasteiger partial charge < -0.3 is 5.32 Å². The average molecular weight is 289 g/mol. The fourth-order valence-corrected chi connectivity index (χ4v) is 3.71. The van der Waals surface area contributed by atoms with Crippen molar-refractivity contribution in [2.24, 2.45) is 5.41 Å². The topological polar surface area (TPSA) is 37.8 Å². The molecule has 1 atom stereocenters. The molecule has 0 bridgehead atoms. The van der Waals surface area contributed by atoms with Gasteiger partial charge in [-0.3, -0.25) is 0 Å². The van der Waals surface area contributed by atoms with Crippen LogP contribution in [-0.4, -0.2) is 23.6 Å². The van der Waals surface area contributed by atoms with Crippen LogP contribution in [0.25, 0.3) is 0 Å². The molecule has 1 heterocycles. The highest BCUT2D eigenvalue weighted by Crippen LogP contribution is 2.41. The van der Waals surface area contributed by atoms with Crippen LogP contribution in [0.1, 0.15) is 81.1 Å². The smallest absolute Gasteiger partial charge is 0.131 e. The Balaban J connectivity index is 2.20. The Morgan fingerprint density at radius 3 is 2.14 bits per heavy atom. The van der Waals surface area contributed by atoms with Crippen molar-refractivity contribution in [3.8, 4) is 0 Å². The van der Waals surface area contributed by atoms with Crippen molar-refractivity contribution in [1.29, 1.82) is 0 Å². The van der Waals surface area contributed by atoms with E-state index in [2.05, 4.69) is 39.9 Å². The summed E-state index contributed by atoms with van der Waals surface area (Å²) in [6, 6.07) is 0. The zero-order chi connectivity index (χ0) is 15.6. The number of nitrogens with zero attached hydrogens (tertiary/aromatic N) is 2. The van der Waals surface area contributed by atoms with E-state index in [0.29, 0.717) is 17.3 Å². The van der Waals surface area contributed by atoms with Crippen molar-refractivity contribution in [1.82, 2.24) is 15.3 Å². The molecule has 0 radical (unpaired) electrons. The number of hydrogen-bond donors (Lipinski definition) is 1. The van der Waals surface area contributed by atoms with E-state index in [-0.39, 0.29) is 0 Å². The highest BCUT2D eigenvalue weighted by Gasteiger charge is 2.29. The maximum absolute atomic E-state index is 4.87. The fourth-order valence-electron chi connectivity index (χ4n) is 3.71. The monoisotopic (exact) mass is 289 g/mol. The van der Waals surface area contributed by atoms with Gasteiger partial charge >= 0.3 is 0 Å². The summed E-state index contributed by atoms with van der Waals surface area (Å²) in [6.45, 7) is 12.3. The summed E-state index contributed by atoms with van der Waals surface area (Å²) in [4.78, 5) is 9.74. The fraction of sp³-hybridized carbons (Fsp3) is 0.778. The summed E-state index contributed by atoms with van der Waals surface area (Å²) in [6.07, 6.45) is 5.04. The lowest BCUT2D eigenvalue weighted by Crippen LogP contribution is -2.23.